The Hall–Kier alpha value is -4.09. The highest BCUT2D eigenvalue weighted by Crippen LogP contribution is 2.30. The lowest BCUT2D eigenvalue weighted by Crippen LogP contribution is -2.56. The van der Waals surface area contributed by atoms with Gasteiger partial charge in [-0.1, -0.05) is 6.07 Å². The molecule has 1 saturated carbocycles. The van der Waals surface area contributed by atoms with Crippen LogP contribution in [0.3, 0.4) is 0 Å². The minimum absolute atomic E-state index is 0.119. The number of likely N-dealkylation sites (tertiary alicyclic amines) is 1. The van der Waals surface area contributed by atoms with E-state index < -0.39 is 11.9 Å². The van der Waals surface area contributed by atoms with E-state index in [1.807, 2.05) is 30.0 Å². The van der Waals surface area contributed by atoms with Crippen molar-refractivity contribution in [2.75, 3.05) is 26.7 Å². The van der Waals surface area contributed by atoms with Crippen LogP contribution in [0.4, 0.5) is 4.39 Å². The number of amides is 2. The molecule has 10 nitrogen and oxygen atoms in total. The van der Waals surface area contributed by atoms with Gasteiger partial charge in [-0.3, -0.25) is 24.6 Å². The molecule has 4 N–H and O–H groups in total. The molecule has 3 aromatic rings. The molecule has 3 heterocycles. The number of fused-ring (bicyclic) bond motifs is 1. The van der Waals surface area contributed by atoms with Gasteiger partial charge in [0.05, 0.1) is 30.5 Å². The number of carbonyl (C=O) groups excluding carboxylic acids is 2. The number of allylic oxidation sites excluding steroid dienone is 1. The van der Waals surface area contributed by atoms with E-state index in [4.69, 9.17) is 4.74 Å². The lowest BCUT2D eigenvalue weighted by Gasteiger charge is -2.39. The summed E-state index contributed by atoms with van der Waals surface area (Å²) in [5, 5.41) is 24.6. The van der Waals surface area contributed by atoms with Gasteiger partial charge in [-0.15, -0.1) is 0 Å². The first kappa shape index (κ1) is 30.9. The minimum atomic E-state index is -0.491. The first-order valence-electron chi connectivity index (χ1n) is 15.8. The fourth-order valence-electron chi connectivity index (χ4n) is 6.89. The van der Waals surface area contributed by atoms with Gasteiger partial charge >= 0.3 is 0 Å². The van der Waals surface area contributed by atoms with Gasteiger partial charge in [0.2, 0.25) is 5.91 Å². The Morgan fingerprint density at radius 3 is 2.82 bits per heavy atom. The van der Waals surface area contributed by atoms with E-state index in [-0.39, 0.29) is 36.4 Å². The number of benzene rings is 2. The Morgan fingerprint density at radius 2 is 2.04 bits per heavy atom. The lowest BCUT2D eigenvalue weighted by atomic mass is 9.95. The molecule has 0 bridgehead atoms. The first-order valence-corrected chi connectivity index (χ1v) is 15.8. The molecule has 0 radical (unpaired) electrons. The Bertz CT molecular complexity index is 1630. The fraction of sp³-hybridized carbons (Fsp3) is 0.471. The average molecular weight is 617 g/mol. The molecule has 1 saturated heterocycles. The number of halogens is 1. The van der Waals surface area contributed by atoms with Gasteiger partial charge in [0.15, 0.2) is 0 Å². The molecule has 2 fully saturated rings. The molecule has 6 rings (SSSR count). The molecule has 3 aliphatic rings. The summed E-state index contributed by atoms with van der Waals surface area (Å²) in [5.41, 5.74) is 4.63. The number of hydrogen-bond acceptors (Lipinski definition) is 7. The average Bonchev–Trinajstić information content (AvgIpc) is 3.66. The van der Waals surface area contributed by atoms with Crippen molar-refractivity contribution < 1.29 is 23.8 Å². The summed E-state index contributed by atoms with van der Waals surface area (Å²) < 4.78 is 20.5. The number of dihydropyridines is 1. The zero-order chi connectivity index (χ0) is 31.5. The number of rotatable bonds is 9. The molecule has 1 aromatic heterocycles. The van der Waals surface area contributed by atoms with Gasteiger partial charge in [-0.05, 0) is 93.3 Å². The Balaban J connectivity index is 1.18. The van der Waals surface area contributed by atoms with E-state index in [0.717, 1.165) is 47.1 Å². The van der Waals surface area contributed by atoms with Crippen molar-refractivity contribution in [3.05, 3.63) is 65.1 Å². The number of aliphatic hydroxyl groups is 1. The number of H-pyrrole nitrogens is 1. The van der Waals surface area contributed by atoms with Gasteiger partial charge in [0.1, 0.15) is 11.6 Å². The van der Waals surface area contributed by atoms with Crippen LogP contribution < -0.4 is 15.4 Å². The molecule has 238 valence electrons. The molecule has 1 aliphatic carbocycles. The van der Waals surface area contributed by atoms with Crippen molar-refractivity contribution in [3.8, 4) is 5.75 Å². The quantitative estimate of drug-likeness (QED) is 0.288. The number of carbonyl (C=O) groups is 2. The van der Waals surface area contributed by atoms with Crippen molar-refractivity contribution in [1.82, 2.24) is 25.7 Å². The number of aliphatic hydroxyl groups excluding tert-OH is 1. The zero-order valence-electron chi connectivity index (χ0n) is 25.8. The Morgan fingerprint density at radius 1 is 1.18 bits per heavy atom. The Labute approximate surface area is 262 Å². The molecule has 4 unspecified atom stereocenters. The predicted molar refractivity (Wildman–Crippen MR) is 171 cm³/mol. The first-order chi connectivity index (χ1) is 21.8. The molecule has 11 heteroatoms. The summed E-state index contributed by atoms with van der Waals surface area (Å²) in [6, 6.07) is 9.47. The molecule has 2 amide bonds. The van der Waals surface area contributed by atoms with E-state index in [9.17, 15) is 14.7 Å². The van der Waals surface area contributed by atoms with Crippen LogP contribution in [-0.2, 0) is 11.3 Å². The summed E-state index contributed by atoms with van der Waals surface area (Å²) in [6.07, 6.45) is 5.95. The standard InChI is InChI=1S/C34H41FN6O4/c1-20-14-22(12-13-36-20)32-26-16-23(7-10-29(26)39-40-32)33(43)38-24-8-11-30(34(44)37-17-21-6-9-25(42)15-21)41(18-24)19-27-28(35)4-3-5-31(27)45-2/h3-5,7,10,14,16,21,24-25,30,42H,6,8-9,11-13,15,17-19H2,1-2H3,(H,37,44)(H,38,43)(H,39,40). The Kier molecular flexibility index (Phi) is 9.27. The van der Waals surface area contributed by atoms with Crippen molar-refractivity contribution in [1.29, 1.82) is 0 Å². The molecule has 2 aromatic carbocycles. The summed E-state index contributed by atoms with van der Waals surface area (Å²) in [4.78, 5) is 33.4. The number of nitrogens with one attached hydrogen (secondary N) is 3. The van der Waals surface area contributed by atoms with Crippen molar-refractivity contribution in [3.63, 3.8) is 0 Å². The number of hydrogen-bond donors (Lipinski definition) is 4. The third kappa shape index (κ3) is 6.94. The predicted octanol–water partition coefficient (Wildman–Crippen LogP) is 4.00. The maximum absolute atomic E-state index is 15.0. The number of nitrogens with zero attached hydrogens (tertiary/aromatic N) is 3. The van der Waals surface area contributed by atoms with Crippen LogP contribution >= 0.6 is 0 Å². The zero-order valence-corrected chi connectivity index (χ0v) is 25.8. The monoisotopic (exact) mass is 616 g/mol. The lowest BCUT2D eigenvalue weighted by molar-refractivity contribution is -0.128. The highest BCUT2D eigenvalue weighted by Gasteiger charge is 2.35. The summed E-state index contributed by atoms with van der Waals surface area (Å²) in [7, 11) is 1.50. The van der Waals surface area contributed by atoms with Crippen LogP contribution in [0.5, 0.6) is 5.75 Å². The van der Waals surface area contributed by atoms with Gasteiger partial charge in [-0.2, -0.15) is 5.10 Å². The van der Waals surface area contributed by atoms with E-state index in [1.165, 1.54) is 13.2 Å². The second-order valence-corrected chi connectivity index (χ2v) is 12.5. The van der Waals surface area contributed by atoms with E-state index in [1.54, 1.807) is 18.2 Å². The van der Waals surface area contributed by atoms with Crippen LogP contribution in [0.25, 0.3) is 16.5 Å². The minimum Gasteiger partial charge on any atom is -0.496 e. The van der Waals surface area contributed by atoms with Gasteiger partial charge in [0.25, 0.3) is 5.91 Å². The number of piperidine rings is 1. The van der Waals surface area contributed by atoms with Crippen LogP contribution in [0, 0.1) is 11.7 Å². The van der Waals surface area contributed by atoms with Crippen LogP contribution in [0.15, 0.2) is 47.5 Å². The number of aromatic amines is 1. The summed E-state index contributed by atoms with van der Waals surface area (Å²) in [5.74, 6) is -0.0704. The third-order valence-corrected chi connectivity index (χ3v) is 9.31. The maximum atomic E-state index is 15.0. The van der Waals surface area contributed by atoms with Gasteiger partial charge in [-0.25, -0.2) is 4.39 Å². The largest absolute Gasteiger partial charge is 0.496 e. The van der Waals surface area contributed by atoms with E-state index >= 15 is 4.39 Å². The molecule has 4 atom stereocenters. The number of aromatic nitrogens is 2. The second-order valence-electron chi connectivity index (χ2n) is 12.5. The highest BCUT2D eigenvalue weighted by molar-refractivity contribution is 6.05. The molecular weight excluding hydrogens is 575 g/mol. The highest BCUT2D eigenvalue weighted by atomic mass is 19.1. The normalized spacial score (nSPS) is 23.8. The molecular formula is C34H41FN6O4. The van der Waals surface area contributed by atoms with Crippen LogP contribution in [0.1, 0.15) is 67.1 Å². The van der Waals surface area contributed by atoms with Crippen molar-refractivity contribution in [2.45, 2.75) is 70.2 Å². The molecule has 0 spiro atoms. The third-order valence-electron chi connectivity index (χ3n) is 9.31. The number of ether oxygens (including phenoxy) is 1. The van der Waals surface area contributed by atoms with E-state index in [2.05, 4.69) is 25.8 Å². The summed E-state index contributed by atoms with van der Waals surface area (Å²) >= 11 is 0. The van der Waals surface area contributed by atoms with Crippen LogP contribution in [-0.4, -0.2) is 82.7 Å². The topological polar surface area (TPSA) is 132 Å². The number of methoxy groups -OCH3 is 1. The number of aliphatic imine (C=N–C) groups is 1. The SMILES string of the molecule is COc1cccc(F)c1CN1CC(NC(=O)c2ccc3[nH]nc(C4=CC(C)=NCC4)c3c2)CCC1C(=O)NCC1CCC(O)C1. The van der Waals surface area contributed by atoms with E-state index in [0.29, 0.717) is 55.8 Å². The van der Waals surface area contributed by atoms with Crippen molar-refractivity contribution in [2.24, 2.45) is 10.9 Å². The van der Waals surface area contributed by atoms with Crippen LogP contribution in [0.2, 0.25) is 0 Å². The molecule has 45 heavy (non-hydrogen) atoms. The smallest absolute Gasteiger partial charge is 0.251 e. The van der Waals surface area contributed by atoms with Gasteiger partial charge < -0.3 is 20.5 Å². The summed E-state index contributed by atoms with van der Waals surface area (Å²) in [6.45, 7) is 3.72. The second kappa shape index (κ2) is 13.5. The maximum Gasteiger partial charge on any atom is 0.251 e. The fourth-order valence-corrected chi connectivity index (χ4v) is 6.89. The van der Waals surface area contributed by atoms with Gasteiger partial charge in [0, 0.05) is 54.4 Å². The van der Waals surface area contributed by atoms with Crippen molar-refractivity contribution >= 4 is 34.0 Å². The molecule has 2 aliphatic heterocycles.